The van der Waals surface area contributed by atoms with Gasteiger partial charge in [0.15, 0.2) is 0 Å². The molecule has 0 bridgehead atoms. The minimum Gasteiger partial charge on any atom is -0.396 e. The van der Waals surface area contributed by atoms with Gasteiger partial charge in [-0.3, -0.25) is 0 Å². The first-order valence-electron chi connectivity index (χ1n) is 3.70. The van der Waals surface area contributed by atoms with E-state index in [1.54, 1.807) is 0 Å². The molecular weight excluding hydrogens is 135 g/mol. The first kappa shape index (κ1) is 8.34. The predicted molar refractivity (Wildman–Crippen MR) is 47.4 cm³/mol. The number of hydrogen-bond acceptors (Lipinski definition) is 1. The molecule has 0 saturated carbocycles. The second-order valence-electron chi connectivity index (χ2n) is 2.66. The second-order valence-corrected chi connectivity index (χ2v) is 2.66. The highest BCUT2D eigenvalue weighted by molar-refractivity contribution is 6.32. The summed E-state index contributed by atoms with van der Waals surface area (Å²) in [5.74, 6) is 0. The van der Waals surface area contributed by atoms with E-state index in [2.05, 4.69) is 0 Å². The Balaban J connectivity index is 2.93. The van der Waals surface area contributed by atoms with Gasteiger partial charge >= 0.3 is 0 Å². The van der Waals surface area contributed by atoms with Gasteiger partial charge in [-0.05, 0) is 24.5 Å². The summed E-state index contributed by atoms with van der Waals surface area (Å²) in [6.45, 7) is 2.20. The fourth-order valence-corrected chi connectivity index (χ4v) is 1.08. The lowest BCUT2D eigenvalue weighted by Crippen LogP contribution is -2.05. The molecule has 0 aliphatic rings. The van der Waals surface area contributed by atoms with Gasteiger partial charge in [0.05, 0.1) is 0 Å². The molecule has 0 saturated heterocycles. The lowest BCUT2D eigenvalue weighted by Gasteiger charge is -2.04. The van der Waals surface area contributed by atoms with Gasteiger partial charge in [0, 0.05) is 6.61 Å². The third-order valence-electron chi connectivity index (χ3n) is 1.75. The number of aliphatic hydroxyl groups is 1. The first-order valence-corrected chi connectivity index (χ1v) is 3.70. The largest absolute Gasteiger partial charge is 0.396 e. The maximum Gasteiger partial charge on any atom is 0.113 e. The Labute approximate surface area is 68.5 Å². The van der Waals surface area contributed by atoms with Gasteiger partial charge in [-0.2, -0.15) is 0 Å². The quantitative estimate of drug-likeness (QED) is 0.596. The zero-order valence-electron chi connectivity index (χ0n) is 6.67. The van der Waals surface area contributed by atoms with Crippen LogP contribution < -0.4 is 5.46 Å². The number of benzene rings is 1. The van der Waals surface area contributed by atoms with Crippen LogP contribution in [0.1, 0.15) is 11.1 Å². The van der Waals surface area contributed by atoms with Crippen LogP contribution in [0.3, 0.4) is 0 Å². The van der Waals surface area contributed by atoms with Crippen molar-refractivity contribution in [3.05, 3.63) is 29.3 Å². The van der Waals surface area contributed by atoms with E-state index in [4.69, 9.17) is 13.0 Å². The molecular formula is C9H11BO. The van der Waals surface area contributed by atoms with E-state index in [-0.39, 0.29) is 6.61 Å². The van der Waals surface area contributed by atoms with Crippen LogP contribution in [0.15, 0.2) is 18.2 Å². The summed E-state index contributed by atoms with van der Waals surface area (Å²) in [6.07, 6.45) is 0.691. The lowest BCUT2D eigenvalue weighted by atomic mass is 9.91. The van der Waals surface area contributed by atoms with Crippen LogP contribution in [-0.2, 0) is 6.42 Å². The number of aryl methyl sites for hydroxylation is 1. The zero-order valence-corrected chi connectivity index (χ0v) is 6.67. The van der Waals surface area contributed by atoms with Crippen LogP contribution in [0.5, 0.6) is 0 Å². The molecule has 0 spiro atoms. The Morgan fingerprint density at radius 3 is 2.82 bits per heavy atom. The second kappa shape index (κ2) is 3.58. The topological polar surface area (TPSA) is 20.2 Å². The van der Waals surface area contributed by atoms with Crippen molar-refractivity contribution >= 4 is 13.3 Å². The summed E-state index contributed by atoms with van der Waals surface area (Å²) in [5.41, 5.74) is 3.08. The van der Waals surface area contributed by atoms with E-state index in [1.165, 1.54) is 5.56 Å². The molecule has 1 N–H and O–H groups in total. The van der Waals surface area contributed by atoms with Gasteiger partial charge in [0.1, 0.15) is 7.85 Å². The van der Waals surface area contributed by atoms with Crippen molar-refractivity contribution in [2.24, 2.45) is 0 Å². The summed E-state index contributed by atoms with van der Waals surface area (Å²) in [5, 5.41) is 8.69. The Morgan fingerprint density at radius 2 is 2.18 bits per heavy atom. The Morgan fingerprint density at radius 1 is 1.45 bits per heavy atom. The van der Waals surface area contributed by atoms with Gasteiger partial charge < -0.3 is 5.11 Å². The van der Waals surface area contributed by atoms with Crippen LogP contribution in [0.2, 0.25) is 0 Å². The average molecular weight is 146 g/mol. The molecule has 2 heteroatoms. The fraction of sp³-hybridized carbons (Fsp3) is 0.333. The van der Waals surface area contributed by atoms with E-state index >= 15 is 0 Å². The Kier molecular flexibility index (Phi) is 2.72. The molecule has 0 aliphatic carbocycles. The highest BCUT2D eigenvalue weighted by Gasteiger charge is 1.96. The standard InChI is InChI=1S/C9H11BO/c1-7-2-3-9(10)6-8(7)4-5-11/h2-3,6,11H,4-5H2,1H3. The third kappa shape index (κ3) is 2.09. The molecule has 2 radical (unpaired) electrons. The summed E-state index contributed by atoms with van der Waals surface area (Å²) >= 11 is 0. The Hall–Kier alpha value is -0.755. The molecule has 56 valence electrons. The predicted octanol–water partition coefficient (Wildman–Crippen LogP) is 0.324. The van der Waals surface area contributed by atoms with Crippen LogP contribution >= 0.6 is 0 Å². The highest BCUT2D eigenvalue weighted by atomic mass is 16.2. The minimum atomic E-state index is 0.185. The highest BCUT2D eigenvalue weighted by Crippen LogP contribution is 2.04. The minimum absolute atomic E-state index is 0.185. The number of rotatable bonds is 2. The first-order chi connectivity index (χ1) is 5.24. The van der Waals surface area contributed by atoms with Gasteiger partial charge in [-0.25, -0.2) is 0 Å². The van der Waals surface area contributed by atoms with Crippen molar-refractivity contribution in [3.8, 4) is 0 Å². The van der Waals surface area contributed by atoms with E-state index in [0.717, 1.165) is 11.0 Å². The summed E-state index contributed by atoms with van der Waals surface area (Å²) in [6, 6.07) is 5.75. The number of hydrogen-bond donors (Lipinski definition) is 1. The molecule has 1 aromatic rings. The van der Waals surface area contributed by atoms with Gasteiger partial charge in [-0.15, -0.1) is 0 Å². The van der Waals surface area contributed by atoms with E-state index in [9.17, 15) is 0 Å². The molecule has 0 heterocycles. The normalized spacial score (nSPS) is 10.0. The smallest absolute Gasteiger partial charge is 0.113 e. The van der Waals surface area contributed by atoms with Crippen LogP contribution in [-0.4, -0.2) is 19.6 Å². The zero-order chi connectivity index (χ0) is 8.27. The van der Waals surface area contributed by atoms with Crippen LogP contribution in [0.4, 0.5) is 0 Å². The summed E-state index contributed by atoms with van der Waals surface area (Å²) in [7, 11) is 5.58. The van der Waals surface area contributed by atoms with Crippen molar-refractivity contribution in [2.75, 3.05) is 6.61 Å². The van der Waals surface area contributed by atoms with Crippen molar-refractivity contribution < 1.29 is 5.11 Å². The van der Waals surface area contributed by atoms with Gasteiger partial charge in [-0.1, -0.05) is 23.7 Å². The van der Waals surface area contributed by atoms with E-state index in [0.29, 0.717) is 6.42 Å². The average Bonchev–Trinajstić information content (AvgIpc) is 1.98. The SMILES string of the molecule is [B]c1ccc(C)c(CCO)c1. The van der Waals surface area contributed by atoms with E-state index < -0.39 is 0 Å². The monoisotopic (exact) mass is 146 g/mol. The fourth-order valence-electron chi connectivity index (χ4n) is 1.08. The molecule has 0 unspecified atom stereocenters. The maximum atomic E-state index is 8.69. The molecule has 0 aliphatic heterocycles. The Bertz CT molecular complexity index is 245. The van der Waals surface area contributed by atoms with Gasteiger partial charge in [0.2, 0.25) is 0 Å². The van der Waals surface area contributed by atoms with E-state index in [1.807, 2.05) is 25.1 Å². The molecule has 0 fully saturated rings. The molecule has 11 heavy (non-hydrogen) atoms. The third-order valence-corrected chi connectivity index (χ3v) is 1.75. The molecule has 1 nitrogen and oxygen atoms in total. The van der Waals surface area contributed by atoms with Crippen LogP contribution in [0, 0.1) is 6.92 Å². The summed E-state index contributed by atoms with van der Waals surface area (Å²) in [4.78, 5) is 0. The lowest BCUT2D eigenvalue weighted by molar-refractivity contribution is 0.299. The summed E-state index contributed by atoms with van der Waals surface area (Å²) < 4.78 is 0. The molecule has 0 amide bonds. The molecule has 1 aromatic carbocycles. The molecule has 0 aromatic heterocycles. The maximum absolute atomic E-state index is 8.69. The number of aliphatic hydroxyl groups excluding tert-OH is 1. The molecule has 1 rings (SSSR count). The molecule has 0 atom stereocenters. The van der Waals surface area contributed by atoms with Crippen molar-refractivity contribution in [3.63, 3.8) is 0 Å². The van der Waals surface area contributed by atoms with Crippen LogP contribution in [0.25, 0.3) is 0 Å². The van der Waals surface area contributed by atoms with Gasteiger partial charge in [0.25, 0.3) is 0 Å². The van der Waals surface area contributed by atoms with Crippen molar-refractivity contribution in [2.45, 2.75) is 13.3 Å². The van der Waals surface area contributed by atoms with Crippen molar-refractivity contribution in [1.82, 2.24) is 0 Å². The van der Waals surface area contributed by atoms with Crippen molar-refractivity contribution in [1.29, 1.82) is 0 Å².